The maximum Gasteiger partial charge on any atom is 0.339 e. The zero-order valence-corrected chi connectivity index (χ0v) is 10.7. The van der Waals surface area contributed by atoms with Crippen LogP contribution in [0.2, 0.25) is 0 Å². The molecule has 0 amide bonds. The van der Waals surface area contributed by atoms with Crippen molar-refractivity contribution in [1.29, 1.82) is 0 Å². The van der Waals surface area contributed by atoms with Crippen molar-refractivity contribution in [2.75, 3.05) is 14.2 Å². The molecular weight excluding hydrogens is 264 g/mol. The van der Waals surface area contributed by atoms with E-state index in [0.29, 0.717) is 22.4 Å². The van der Waals surface area contributed by atoms with Gasteiger partial charge in [-0.3, -0.25) is 0 Å². The molecule has 0 spiro atoms. The normalized spacial score (nSPS) is 10.9. The van der Waals surface area contributed by atoms with Crippen LogP contribution in [0, 0.1) is 0 Å². The summed E-state index contributed by atoms with van der Waals surface area (Å²) in [4.78, 5) is 11.3. The fourth-order valence-electron chi connectivity index (χ4n) is 2.08. The van der Waals surface area contributed by atoms with Gasteiger partial charge >= 0.3 is 5.97 Å². The molecule has 2 heterocycles. The molecule has 102 valence electrons. The molecule has 0 aliphatic carbocycles. The van der Waals surface area contributed by atoms with Gasteiger partial charge in [0.1, 0.15) is 5.56 Å². The smallest absolute Gasteiger partial charge is 0.339 e. The summed E-state index contributed by atoms with van der Waals surface area (Å²) in [6.45, 7) is 0. The number of carbonyl (C=O) groups is 1. The zero-order chi connectivity index (χ0) is 14.3. The van der Waals surface area contributed by atoms with Crippen molar-refractivity contribution in [3.8, 4) is 11.5 Å². The number of benzene rings is 1. The Bertz CT molecular complexity index is 827. The summed E-state index contributed by atoms with van der Waals surface area (Å²) < 4.78 is 11.8. The van der Waals surface area contributed by atoms with Gasteiger partial charge in [-0.15, -0.1) is 5.10 Å². The van der Waals surface area contributed by atoms with Crippen LogP contribution in [0.25, 0.3) is 16.6 Å². The molecule has 1 N–H and O–H groups in total. The SMILES string of the molecule is COc1cc2cc(C(=O)O)c3nnnn3c2cc1OC. The van der Waals surface area contributed by atoms with E-state index in [1.165, 1.54) is 24.8 Å². The fourth-order valence-corrected chi connectivity index (χ4v) is 2.08. The highest BCUT2D eigenvalue weighted by Gasteiger charge is 2.17. The highest BCUT2D eigenvalue weighted by Crippen LogP contribution is 2.32. The molecule has 2 aromatic heterocycles. The van der Waals surface area contributed by atoms with Crippen molar-refractivity contribution in [1.82, 2.24) is 20.0 Å². The van der Waals surface area contributed by atoms with Gasteiger partial charge in [-0.05, 0) is 22.6 Å². The molecule has 0 saturated carbocycles. The third-order valence-electron chi connectivity index (χ3n) is 3.00. The van der Waals surface area contributed by atoms with E-state index in [1.807, 2.05) is 0 Å². The Hall–Kier alpha value is -2.90. The van der Waals surface area contributed by atoms with Crippen LogP contribution in [0.4, 0.5) is 0 Å². The quantitative estimate of drug-likeness (QED) is 0.760. The Morgan fingerprint density at radius 2 is 1.90 bits per heavy atom. The van der Waals surface area contributed by atoms with Gasteiger partial charge in [0.2, 0.25) is 0 Å². The first-order valence-electron chi connectivity index (χ1n) is 5.66. The Morgan fingerprint density at radius 1 is 1.20 bits per heavy atom. The number of carboxylic acid groups (broad SMARTS) is 1. The number of rotatable bonds is 3. The van der Waals surface area contributed by atoms with E-state index >= 15 is 0 Å². The summed E-state index contributed by atoms with van der Waals surface area (Å²) in [6.07, 6.45) is 0. The Kier molecular flexibility index (Phi) is 2.63. The summed E-state index contributed by atoms with van der Waals surface area (Å²) in [5, 5.41) is 20.9. The van der Waals surface area contributed by atoms with Crippen LogP contribution in [-0.2, 0) is 0 Å². The van der Waals surface area contributed by atoms with Gasteiger partial charge in [0.25, 0.3) is 0 Å². The average molecular weight is 274 g/mol. The summed E-state index contributed by atoms with van der Waals surface area (Å²) in [5.74, 6) is -0.0786. The molecular formula is C12H10N4O4. The summed E-state index contributed by atoms with van der Waals surface area (Å²) >= 11 is 0. The highest BCUT2D eigenvalue weighted by molar-refractivity contribution is 5.99. The van der Waals surface area contributed by atoms with Crippen molar-refractivity contribution in [2.45, 2.75) is 0 Å². The molecule has 0 radical (unpaired) electrons. The monoisotopic (exact) mass is 274 g/mol. The van der Waals surface area contributed by atoms with E-state index in [-0.39, 0.29) is 11.2 Å². The first-order chi connectivity index (χ1) is 9.65. The second kappa shape index (κ2) is 4.34. The average Bonchev–Trinajstić information content (AvgIpc) is 2.94. The number of carboxylic acids is 1. The van der Waals surface area contributed by atoms with Crippen LogP contribution in [-0.4, -0.2) is 45.3 Å². The Labute approximate surface area is 112 Å². The molecule has 0 saturated heterocycles. The minimum Gasteiger partial charge on any atom is -0.493 e. The van der Waals surface area contributed by atoms with Crippen molar-refractivity contribution in [2.24, 2.45) is 0 Å². The maximum absolute atomic E-state index is 11.3. The number of tetrazole rings is 1. The number of aromatic carboxylic acids is 1. The van der Waals surface area contributed by atoms with Crippen LogP contribution in [0.3, 0.4) is 0 Å². The Morgan fingerprint density at radius 3 is 2.55 bits per heavy atom. The second-order valence-electron chi connectivity index (χ2n) is 4.04. The maximum atomic E-state index is 11.3. The molecule has 0 fully saturated rings. The van der Waals surface area contributed by atoms with Gasteiger partial charge in [-0.1, -0.05) is 0 Å². The van der Waals surface area contributed by atoms with E-state index in [9.17, 15) is 9.90 Å². The molecule has 20 heavy (non-hydrogen) atoms. The molecule has 0 atom stereocenters. The van der Waals surface area contributed by atoms with Gasteiger partial charge < -0.3 is 14.6 Å². The van der Waals surface area contributed by atoms with Gasteiger partial charge in [0.15, 0.2) is 17.1 Å². The van der Waals surface area contributed by atoms with Crippen LogP contribution in [0.15, 0.2) is 18.2 Å². The first-order valence-corrected chi connectivity index (χ1v) is 5.66. The molecule has 0 unspecified atom stereocenters. The molecule has 0 aliphatic heterocycles. The predicted molar refractivity (Wildman–Crippen MR) is 68.4 cm³/mol. The molecule has 8 nitrogen and oxygen atoms in total. The molecule has 8 heteroatoms. The largest absolute Gasteiger partial charge is 0.493 e. The standard InChI is InChI=1S/C12H10N4O4/c1-19-9-4-6-3-7(12(17)18)11-13-14-15-16(11)8(6)5-10(9)20-2/h3-5H,1-2H3,(H,17,18). The predicted octanol–water partition coefficient (Wildman–Crippen LogP) is 0.993. The highest BCUT2D eigenvalue weighted by atomic mass is 16.5. The summed E-state index contributed by atoms with van der Waals surface area (Å²) in [6, 6.07) is 4.89. The lowest BCUT2D eigenvalue weighted by atomic mass is 10.1. The molecule has 0 aliphatic rings. The number of aromatic nitrogens is 4. The number of methoxy groups -OCH3 is 2. The number of hydrogen-bond acceptors (Lipinski definition) is 6. The van der Waals surface area contributed by atoms with E-state index < -0.39 is 5.97 Å². The summed E-state index contributed by atoms with van der Waals surface area (Å²) in [7, 11) is 3.03. The molecule has 1 aromatic carbocycles. The van der Waals surface area contributed by atoms with Gasteiger partial charge in [-0.2, -0.15) is 4.52 Å². The number of hydrogen-bond donors (Lipinski definition) is 1. The third kappa shape index (κ3) is 1.62. The van der Waals surface area contributed by atoms with Crippen LogP contribution >= 0.6 is 0 Å². The summed E-state index contributed by atoms with van der Waals surface area (Å²) in [5.41, 5.74) is 0.833. The number of nitrogens with zero attached hydrogens (tertiary/aromatic N) is 4. The van der Waals surface area contributed by atoms with Crippen LogP contribution in [0.1, 0.15) is 10.4 Å². The lowest BCUT2D eigenvalue weighted by molar-refractivity contribution is 0.0698. The number of pyridine rings is 1. The Balaban J connectivity index is 2.46. The lowest BCUT2D eigenvalue weighted by Crippen LogP contribution is -2.03. The van der Waals surface area contributed by atoms with Crippen molar-refractivity contribution in [3.05, 3.63) is 23.8 Å². The number of fused-ring (bicyclic) bond motifs is 3. The molecule has 3 aromatic rings. The van der Waals surface area contributed by atoms with Crippen molar-refractivity contribution in [3.63, 3.8) is 0 Å². The van der Waals surface area contributed by atoms with Gasteiger partial charge in [0, 0.05) is 11.5 Å². The van der Waals surface area contributed by atoms with E-state index in [2.05, 4.69) is 15.5 Å². The van der Waals surface area contributed by atoms with Crippen LogP contribution < -0.4 is 9.47 Å². The fraction of sp³-hybridized carbons (Fsp3) is 0.167. The molecule has 3 rings (SSSR count). The van der Waals surface area contributed by atoms with E-state index in [1.54, 1.807) is 12.1 Å². The third-order valence-corrected chi connectivity index (χ3v) is 3.00. The second-order valence-corrected chi connectivity index (χ2v) is 4.04. The van der Waals surface area contributed by atoms with Crippen LogP contribution in [0.5, 0.6) is 11.5 Å². The number of ether oxygens (including phenoxy) is 2. The van der Waals surface area contributed by atoms with Crippen molar-refractivity contribution >= 4 is 22.5 Å². The van der Waals surface area contributed by atoms with Crippen molar-refractivity contribution < 1.29 is 19.4 Å². The van der Waals surface area contributed by atoms with Gasteiger partial charge in [0.05, 0.1) is 19.7 Å². The minimum atomic E-state index is -1.10. The lowest BCUT2D eigenvalue weighted by Gasteiger charge is -2.10. The van der Waals surface area contributed by atoms with E-state index in [4.69, 9.17) is 9.47 Å². The zero-order valence-electron chi connectivity index (χ0n) is 10.7. The minimum absolute atomic E-state index is 0.0229. The van der Waals surface area contributed by atoms with Gasteiger partial charge in [-0.25, -0.2) is 4.79 Å². The molecule has 0 bridgehead atoms. The first kappa shape index (κ1) is 12.2. The topological polar surface area (TPSA) is 98.8 Å². The van der Waals surface area contributed by atoms with E-state index in [0.717, 1.165) is 0 Å².